The summed E-state index contributed by atoms with van der Waals surface area (Å²) >= 11 is 0. The highest BCUT2D eigenvalue weighted by Gasteiger charge is 2.56. The molecule has 2 aliphatic rings. The molecule has 1 aromatic rings. The van der Waals surface area contributed by atoms with Crippen molar-refractivity contribution in [1.29, 1.82) is 0 Å². The van der Waals surface area contributed by atoms with Crippen molar-refractivity contribution in [3.63, 3.8) is 0 Å². The molecule has 0 bridgehead atoms. The summed E-state index contributed by atoms with van der Waals surface area (Å²) in [4.78, 5) is 21.0. The molecular weight excluding hydrogens is 232 g/mol. The van der Waals surface area contributed by atoms with E-state index in [1.807, 2.05) is 12.1 Å². The second-order valence-electron chi connectivity index (χ2n) is 4.78. The first-order chi connectivity index (χ1) is 8.86. The smallest absolute Gasteiger partial charge is 0.249 e. The third kappa shape index (κ3) is 2.37. The van der Waals surface area contributed by atoms with Gasteiger partial charge in [-0.2, -0.15) is 0 Å². The minimum Gasteiger partial charge on any atom is -0.377 e. The highest BCUT2D eigenvalue weighted by Crippen LogP contribution is 2.47. The number of pyridine rings is 1. The van der Waals surface area contributed by atoms with E-state index in [4.69, 9.17) is 9.57 Å². The molecule has 1 saturated carbocycles. The van der Waals surface area contributed by atoms with E-state index in [1.54, 1.807) is 12.4 Å². The summed E-state index contributed by atoms with van der Waals surface area (Å²) in [6.45, 7) is 1.12. The molecule has 3 rings (SSSR count). The summed E-state index contributed by atoms with van der Waals surface area (Å²) in [5.74, 6) is 0.331. The molecule has 1 N–H and O–H groups in total. The maximum absolute atomic E-state index is 11.8. The highest BCUT2D eigenvalue weighted by molar-refractivity contribution is 5.81. The monoisotopic (exact) mass is 248 g/mol. The number of nitrogens with zero attached hydrogens (tertiary/aromatic N) is 1. The lowest BCUT2D eigenvalue weighted by molar-refractivity contribution is -0.137. The van der Waals surface area contributed by atoms with E-state index in [0.29, 0.717) is 12.5 Å². The predicted molar refractivity (Wildman–Crippen MR) is 63.1 cm³/mol. The summed E-state index contributed by atoms with van der Waals surface area (Å²) in [5.41, 5.74) is 3.44. The molecule has 18 heavy (non-hydrogen) atoms. The molecule has 0 unspecified atom stereocenters. The van der Waals surface area contributed by atoms with Gasteiger partial charge < -0.3 is 4.74 Å². The van der Waals surface area contributed by atoms with Gasteiger partial charge in [0.05, 0.1) is 12.0 Å². The number of hydrogen-bond acceptors (Lipinski definition) is 4. The molecule has 0 spiro atoms. The fraction of sp³-hybridized carbons (Fsp3) is 0.538. The Morgan fingerprint density at radius 2 is 2.56 bits per heavy atom. The normalized spacial score (nSPS) is 29.4. The Balaban J connectivity index is 1.43. The van der Waals surface area contributed by atoms with Crippen molar-refractivity contribution in [2.75, 3.05) is 6.61 Å². The topological polar surface area (TPSA) is 60.5 Å². The second-order valence-corrected chi connectivity index (χ2v) is 4.78. The lowest BCUT2D eigenvalue weighted by atomic mass is 10.2. The van der Waals surface area contributed by atoms with Gasteiger partial charge in [-0.1, -0.05) is 6.07 Å². The van der Waals surface area contributed by atoms with Gasteiger partial charge in [0, 0.05) is 24.9 Å². The molecule has 5 heteroatoms. The molecule has 1 aliphatic carbocycles. The Morgan fingerprint density at radius 3 is 3.28 bits per heavy atom. The summed E-state index contributed by atoms with van der Waals surface area (Å²) in [6.07, 6.45) is 5.69. The van der Waals surface area contributed by atoms with E-state index >= 15 is 0 Å². The van der Waals surface area contributed by atoms with Crippen LogP contribution in [0.15, 0.2) is 24.5 Å². The SMILES string of the molecule is O=C(NOCc1cccnc1)[C@@H]1[C@H]2CCCO[C@H]21. The van der Waals surface area contributed by atoms with Crippen LogP contribution in [0.3, 0.4) is 0 Å². The number of carbonyl (C=O) groups is 1. The van der Waals surface area contributed by atoms with Crippen LogP contribution in [0.25, 0.3) is 0 Å². The molecule has 5 nitrogen and oxygen atoms in total. The van der Waals surface area contributed by atoms with E-state index in [9.17, 15) is 4.79 Å². The van der Waals surface area contributed by atoms with Gasteiger partial charge in [-0.15, -0.1) is 0 Å². The van der Waals surface area contributed by atoms with Crippen LogP contribution in [0.4, 0.5) is 0 Å². The zero-order valence-electron chi connectivity index (χ0n) is 10.0. The zero-order chi connectivity index (χ0) is 12.4. The van der Waals surface area contributed by atoms with Gasteiger partial charge in [0.1, 0.15) is 6.61 Å². The second kappa shape index (κ2) is 5.04. The molecule has 1 aliphatic heterocycles. The van der Waals surface area contributed by atoms with Crippen LogP contribution in [0.2, 0.25) is 0 Å². The van der Waals surface area contributed by atoms with E-state index in [-0.39, 0.29) is 17.9 Å². The molecule has 2 heterocycles. The van der Waals surface area contributed by atoms with Crippen molar-refractivity contribution in [2.45, 2.75) is 25.6 Å². The number of fused-ring (bicyclic) bond motifs is 1. The van der Waals surface area contributed by atoms with E-state index in [0.717, 1.165) is 25.0 Å². The van der Waals surface area contributed by atoms with Crippen LogP contribution in [-0.4, -0.2) is 23.6 Å². The average Bonchev–Trinajstić information content (AvgIpc) is 3.14. The number of nitrogens with one attached hydrogen (secondary N) is 1. The average molecular weight is 248 g/mol. The Bertz CT molecular complexity index is 412. The Kier molecular flexibility index (Phi) is 3.25. The number of ether oxygens (including phenoxy) is 1. The lowest BCUT2D eigenvalue weighted by Crippen LogP contribution is -2.26. The summed E-state index contributed by atoms with van der Waals surface area (Å²) < 4.78 is 5.52. The first-order valence-electron chi connectivity index (χ1n) is 6.28. The van der Waals surface area contributed by atoms with Gasteiger partial charge in [-0.3, -0.25) is 14.6 Å². The van der Waals surface area contributed by atoms with Gasteiger partial charge in [-0.05, 0) is 24.5 Å². The quantitative estimate of drug-likeness (QED) is 0.809. The van der Waals surface area contributed by atoms with Crippen molar-refractivity contribution < 1.29 is 14.4 Å². The van der Waals surface area contributed by atoms with Crippen molar-refractivity contribution in [3.05, 3.63) is 30.1 Å². The van der Waals surface area contributed by atoms with Crippen LogP contribution in [0, 0.1) is 11.8 Å². The number of amides is 1. The molecular formula is C13H16N2O3. The molecule has 1 aromatic heterocycles. The maximum atomic E-state index is 11.8. The number of hydroxylamine groups is 1. The molecule has 3 atom stereocenters. The van der Waals surface area contributed by atoms with Gasteiger partial charge in [0.2, 0.25) is 5.91 Å². The van der Waals surface area contributed by atoms with E-state index < -0.39 is 0 Å². The van der Waals surface area contributed by atoms with Crippen LogP contribution in [-0.2, 0) is 21.0 Å². The Labute approximate surface area is 105 Å². The predicted octanol–water partition coefficient (Wildman–Crippen LogP) is 1.05. The zero-order valence-corrected chi connectivity index (χ0v) is 10.0. The largest absolute Gasteiger partial charge is 0.377 e. The molecule has 1 amide bonds. The van der Waals surface area contributed by atoms with Crippen LogP contribution < -0.4 is 5.48 Å². The number of aromatic nitrogens is 1. The van der Waals surface area contributed by atoms with Crippen molar-refractivity contribution in [2.24, 2.45) is 11.8 Å². The minimum absolute atomic E-state index is 0.0126. The molecule has 0 radical (unpaired) electrons. The first-order valence-corrected chi connectivity index (χ1v) is 6.28. The van der Waals surface area contributed by atoms with Crippen LogP contribution in [0.1, 0.15) is 18.4 Å². The molecule has 1 saturated heterocycles. The fourth-order valence-electron chi connectivity index (χ4n) is 2.54. The van der Waals surface area contributed by atoms with Crippen LogP contribution in [0.5, 0.6) is 0 Å². The standard InChI is InChI=1S/C13H16N2O3/c16-13(11-10-4-2-6-17-12(10)11)15-18-8-9-3-1-5-14-7-9/h1,3,5,7,10-12H,2,4,6,8H2,(H,15,16)/t10-,11-,12-/m1/s1. The van der Waals surface area contributed by atoms with E-state index in [2.05, 4.69) is 10.5 Å². The number of rotatable bonds is 4. The number of carbonyl (C=O) groups excluding carboxylic acids is 1. The minimum atomic E-state index is -0.0595. The fourth-order valence-corrected chi connectivity index (χ4v) is 2.54. The third-order valence-electron chi connectivity index (χ3n) is 3.53. The van der Waals surface area contributed by atoms with Crippen molar-refractivity contribution in [3.8, 4) is 0 Å². The first kappa shape index (κ1) is 11.6. The molecule has 2 fully saturated rings. The van der Waals surface area contributed by atoms with Crippen molar-refractivity contribution in [1.82, 2.24) is 10.5 Å². The van der Waals surface area contributed by atoms with Gasteiger partial charge in [-0.25, -0.2) is 5.48 Å². The Morgan fingerprint density at radius 1 is 1.61 bits per heavy atom. The van der Waals surface area contributed by atoms with Gasteiger partial charge >= 0.3 is 0 Å². The maximum Gasteiger partial charge on any atom is 0.249 e. The summed E-state index contributed by atoms with van der Waals surface area (Å²) in [7, 11) is 0. The Hall–Kier alpha value is -1.46. The van der Waals surface area contributed by atoms with E-state index in [1.165, 1.54) is 0 Å². The highest BCUT2D eigenvalue weighted by atomic mass is 16.7. The summed E-state index contributed by atoms with van der Waals surface area (Å²) in [6, 6.07) is 3.74. The summed E-state index contributed by atoms with van der Waals surface area (Å²) in [5, 5.41) is 0. The molecule has 0 aromatic carbocycles. The van der Waals surface area contributed by atoms with Gasteiger partial charge in [0.15, 0.2) is 0 Å². The van der Waals surface area contributed by atoms with Crippen LogP contribution >= 0.6 is 0 Å². The van der Waals surface area contributed by atoms with Crippen molar-refractivity contribution >= 4 is 5.91 Å². The molecule has 96 valence electrons. The van der Waals surface area contributed by atoms with Gasteiger partial charge in [0.25, 0.3) is 0 Å². The number of hydrogen-bond donors (Lipinski definition) is 1. The lowest BCUT2D eigenvalue weighted by Gasteiger charge is -2.07. The third-order valence-corrected chi connectivity index (χ3v) is 3.53.